The number of rotatable bonds is 6. The molecule has 11 heteroatoms. The number of phenolic OH excluding ortho intramolecular Hbond substituents is 1. The Bertz CT molecular complexity index is 1090. The molecule has 1 fully saturated rings. The van der Waals surface area contributed by atoms with E-state index in [0.717, 1.165) is 28.8 Å². The van der Waals surface area contributed by atoms with Crippen molar-refractivity contribution in [1.82, 2.24) is 4.90 Å². The highest BCUT2D eigenvalue weighted by molar-refractivity contribution is 8.26. The van der Waals surface area contributed by atoms with Crippen molar-refractivity contribution in [1.29, 1.82) is 0 Å². The molecular weight excluding hydrogens is 430 g/mol. The standard InChI is InChI=1S/C19H15N3O6S2/c1-28-15-5-3-2-4-11(15)8-16-18(25)21(19(29)30-16)10-17(24)20-13-7-6-12(22(26)27)9-14(13)23/h2-9,23H,10H2,1H3,(H,20,24)/b16-8-. The van der Waals surface area contributed by atoms with Crippen LogP contribution in [0.2, 0.25) is 0 Å². The number of benzene rings is 2. The second kappa shape index (κ2) is 8.93. The van der Waals surface area contributed by atoms with E-state index in [2.05, 4.69) is 5.32 Å². The van der Waals surface area contributed by atoms with Crippen LogP contribution in [-0.4, -0.2) is 44.7 Å². The Balaban J connectivity index is 1.72. The maximum absolute atomic E-state index is 12.7. The summed E-state index contributed by atoms with van der Waals surface area (Å²) in [7, 11) is 1.52. The quantitative estimate of drug-likeness (QED) is 0.229. The van der Waals surface area contributed by atoms with Gasteiger partial charge in [0.2, 0.25) is 5.91 Å². The summed E-state index contributed by atoms with van der Waals surface area (Å²) >= 11 is 6.28. The number of methoxy groups -OCH3 is 1. The van der Waals surface area contributed by atoms with Crippen molar-refractivity contribution in [3.8, 4) is 11.5 Å². The highest BCUT2D eigenvalue weighted by Gasteiger charge is 2.33. The summed E-state index contributed by atoms with van der Waals surface area (Å²) in [5.74, 6) is -0.916. The molecule has 0 unspecified atom stereocenters. The van der Waals surface area contributed by atoms with Crippen LogP contribution < -0.4 is 10.1 Å². The molecule has 2 aromatic carbocycles. The van der Waals surface area contributed by atoms with Gasteiger partial charge in [0.15, 0.2) is 0 Å². The molecule has 0 bridgehead atoms. The van der Waals surface area contributed by atoms with E-state index in [1.54, 1.807) is 30.3 Å². The third-order valence-corrected chi connectivity index (χ3v) is 5.44. The summed E-state index contributed by atoms with van der Waals surface area (Å²) in [5.41, 5.74) is 0.366. The van der Waals surface area contributed by atoms with Crippen molar-refractivity contribution in [3.63, 3.8) is 0 Å². The largest absolute Gasteiger partial charge is 0.506 e. The van der Waals surface area contributed by atoms with Gasteiger partial charge >= 0.3 is 0 Å². The molecule has 0 aliphatic carbocycles. The van der Waals surface area contributed by atoms with Crippen LogP contribution in [0.15, 0.2) is 47.4 Å². The van der Waals surface area contributed by atoms with Crippen molar-refractivity contribution in [2.45, 2.75) is 0 Å². The fraction of sp³-hybridized carbons (Fsp3) is 0.105. The molecule has 0 aromatic heterocycles. The molecule has 1 aliphatic rings. The fourth-order valence-electron chi connectivity index (χ4n) is 2.64. The van der Waals surface area contributed by atoms with Crippen molar-refractivity contribution >= 4 is 57.6 Å². The van der Waals surface area contributed by atoms with Crippen molar-refractivity contribution < 1.29 is 24.4 Å². The lowest BCUT2D eigenvalue weighted by Gasteiger charge is -2.14. The number of phenols is 1. The number of nitro benzene ring substituents is 1. The molecule has 30 heavy (non-hydrogen) atoms. The van der Waals surface area contributed by atoms with Crippen molar-refractivity contribution in [3.05, 3.63) is 63.0 Å². The van der Waals surface area contributed by atoms with Crippen LogP contribution in [0, 0.1) is 10.1 Å². The van der Waals surface area contributed by atoms with E-state index in [-0.39, 0.29) is 22.2 Å². The fourth-order valence-corrected chi connectivity index (χ4v) is 3.88. The third-order valence-electron chi connectivity index (χ3n) is 4.07. The third kappa shape index (κ3) is 4.58. The molecule has 2 amide bonds. The summed E-state index contributed by atoms with van der Waals surface area (Å²) in [6.45, 7) is -0.371. The van der Waals surface area contributed by atoms with Crippen LogP contribution in [0.25, 0.3) is 6.08 Å². The molecule has 2 aromatic rings. The van der Waals surface area contributed by atoms with Gasteiger partial charge in [-0.2, -0.15) is 0 Å². The smallest absolute Gasteiger partial charge is 0.273 e. The molecular formula is C19H15N3O6S2. The molecule has 154 valence electrons. The normalized spacial score (nSPS) is 14.8. The molecule has 1 saturated heterocycles. The number of amides is 2. The predicted molar refractivity (Wildman–Crippen MR) is 116 cm³/mol. The van der Waals surface area contributed by atoms with Gasteiger partial charge in [0, 0.05) is 11.6 Å². The second-order valence-corrected chi connectivity index (χ2v) is 7.69. The van der Waals surface area contributed by atoms with E-state index in [4.69, 9.17) is 17.0 Å². The minimum atomic E-state index is -0.667. The van der Waals surface area contributed by atoms with Crippen molar-refractivity contribution in [2.24, 2.45) is 0 Å². The van der Waals surface area contributed by atoms with Crippen LogP contribution >= 0.6 is 24.0 Å². The first-order chi connectivity index (χ1) is 14.3. The van der Waals surface area contributed by atoms with E-state index < -0.39 is 22.5 Å². The van der Waals surface area contributed by atoms with Gasteiger partial charge in [0.25, 0.3) is 11.6 Å². The Labute approximate surface area is 180 Å². The predicted octanol–water partition coefficient (Wildman–Crippen LogP) is 3.15. The number of carbonyl (C=O) groups excluding carboxylic acids is 2. The zero-order valence-corrected chi connectivity index (χ0v) is 17.2. The number of nitrogens with one attached hydrogen (secondary N) is 1. The number of hydrogen-bond donors (Lipinski definition) is 2. The van der Waals surface area contributed by atoms with Gasteiger partial charge in [-0.15, -0.1) is 0 Å². The Morgan fingerprint density at radius 1 is 1.37 bits per heavy atom. The van der Waals surface area contributed by atoms with Gasteiger partial charge in [0.05, 0.1) is 28.7 Å². The number of nitro groups is 1. The molecule has 3 rings (SSSR count). The number of anilines is 1. The van der Waals surface area contributed by atoms with E-state index in [0.29, 0.717) is 16.2 Å². The highest BCUT2D eigenvalue weighted by atomic mass is 32.2. The Morgan fingerprint density at radius 3 is 2.77 bits per heavy atom. The zero-order valence-electron chi connectivity index (χ0n) is 15.5. The zero-order chi connectivity index (χ0) is 21.8. The number of hydrogen-bond acceptors (Lipinski definition) is 8. The first-order valence-corrected chi connectivity index (χ1v) is 9.68. The number of aromatic hydroxyl groups is 1. The van der Waals surface area contributed by atoms with Crippen LogP contribution in [0.5, 0.6) is 11.5 Å². The van der Waals surface area contributed by atoms with Crippen LogP contribution in [0.1, 0.15) is 5.56 Å². The number of carbonyl (C=O) groups is 2. The lowest BCUT2D eigenvalue weighted by atomic mass is 10.2. The van der Waals surface area contributed by atoms with Gasteiger partial charge in [-0.25, -0.2) is 0 Å². The lowest BCUT2D eigenvalue weighted by molar-refractivity contribution is -0.384. The summed E-state index contributed by atoms with van der Waals surface area (Å²) in [6, 6.07) is 10.4. The first kappa shape index (κ1) is 21.3. The van der Waals surface area contributed by atoms with E-state index in [1.165, 1.54) is 13.2 Å². The summed E-state index contributed by atoms with van der Waals surface area (Å²) in [5, 5.41) is 23.0. The average Bonchev–Trinajstić information content (AvgIpc) is 2.97. The molecule has 2 N–H and O–H groups in total. The van der Waals surface area contributed by atoms with Gasteiger partial charge < -0.3 is 15.2 Å². The number of nitrogens with zero attached hydrogens (tertiary/aromatic N) is 2. The molecule has 1 aliphatic heterocycles. The van der Waals surface area contributed by atoms with Crippen LogP contribution in [0.4, 0.5) is 11.4 Å². The van der Waals surface area contributed by atoms with Crippen molar-refractivity contribution in [2.75, 3.05) is 19.0 Å². The summed E-state index contributed by atoms with van der Waals surface area (Å²) in [6.07, 6.45) is 1.64. The Morgan fingerprint density at radius 2 is 2.10 bits per heavy atom. The number of para-hydroxylation sites is 1. The van der Waals surface area contributed by atoms with E-state index in [9.17, 15) is 24.8 Å². The van der Waals surface area contributed by atoms with Gasteiger partial charge in [-0.1, -0.05) is 42.2 Å². The Kier molecular flexibility index (Phi) is 6.33. The van der Waals surface area contributed by atoms with Gasteiger partial charge in [0.1, 0.15) is 22.4 Å². The van der Waals surface area contributed by atoms with E-state index >= 15 is 0 Å². The first-order valence-electron chi connectivity index (χ1n) is 8.46. The average molecular weight is 445 g/mol. The minimum Gasteiger partial charge on any atom is -0.506 e. The number of ether oxygens (including phenoxy) is 1. The molecule has 9 nitrogen and oxygen atoms in total. The van der Waals surface area contributed by atoms with E-state index in [1.807, 2.05) is 0 Å². The lowest BCUT2D eigenvalue weighted by Crippen LogP contribution is -2.36. The maximum Gasteiger partial charge on any atom is 0.273 e. The summed E-state index contributed by atoms with van der Waals surface area (Å²) < 4.78 is 5.48. The topological polar surface area (TPSA) is 122 Å². The van der Waals surface area contributed by atoms with Crippen LogP contribution in [0.3, 0.4) is 0 Å². The van der Waals surface area contributed by atoms with Crippen LogP contribution in [-0.2, 0) is 9.59 Å². The molecule has 0 saturated carbocycles. The molecule has 0 spiro atoms. The SMILES string of the molecule is COc1ccccc1/C=C1\SC(=S)N(CC(=O)Nc2ccc([N+](=O)[O-])cc2O)C1=O. The maximum atomic E-state index is 12.7. The monoisotopic (exact) mass is 445 g/mol. The van der Waals surface area contributed by atoms with Gasteiger partial charge in [-0.05, 0) is 18.2 Å². The molecule has 1 heterocycles. The Hall–Kier alpha value is -3.44. The van der Waals surface area contributed by atoms with Gasteiger partial charge in [-0.3, -0.25) is 24.6 Å². The minimum absolute atomic E-state index is 0.0133. The second-order valence-electron chi connectivity index (χ2n) is 6.02. The highest BCUT2D eigenvalue weighted by Crippen LogP contribution is 2.34. The number of thiocarbonyl (C=S) groups is 1. The number of thioether (sulfide) groups is 1. The molecule has 0 atom stereocenters. The number of non-ortho nitro benzene ring substituents is 1. The summed E-state index contributed by atoms with van der Waals surface area (Å²) in [4.78, 5) is 36.6. The molecule has 0 radical (unpaired) electrons.